The maximum Gasteiger partial charge on any atom is 0.255 e. The van der Waals surface area contributed by atoms with Crippen LogP contribution in [0.4, 0.5) is 5.69 Å². The molecule has 126 valence electrons. The van der Waals surface area contributed by atoms with E-state index in [0.717, 1.165) is 27.8 Å². The van der Waals surface area contributed by atoms with Gasteiger partial charge in [0.1, 0.15) is 0 Å². The van der Waals surface area contributed by atoms with Crippen LogP contribution < -0.4 is 5.32 Å². The molecule has 0 atom stereocenters. The first-order chi connectivity index (χ1) is 12.1. The predicted octanol–water partition coefficient (Wildman–Crippen LogP) is 4.64. The third kappa shape index (κ3) is 4.67. The summed E-state index contributed by atoms with van der Waals surface area (Å²) in [5.74, 6) is 0.533. The average Bonchev–Trinajstić information content (AvgIpc) is 2.60. The Bertz CT molecular complexity index is 861. The highest BCUT2D eigenvalue weighted by Gasteiger charge is 2.12. The van der Waals surface area contributed by atoms with Crippen molar-refractivity contribution in [2.24, 2.45) is 0 Å². The minimum absolute atomic E-state index is 0.108. The first kappa shape index (κ1) is 17.2. The molecule has 2 aromatic carbocycles. The summed E-state index contributed by atoms with van der Waals surface area (Å²) in [7, 11) is 0. The van der Waals surface area contributed by atoms with Crippen LogP contribution in [0.2, 0.25) is 0 Å². The predicted molar refractivity (Wildman–Crippen MR) is 102 cm³/mol. The molecule has 0 unspecified atom stereocenters. The van der Waals surface area contributed by atoms with Gasteiger partial charge in [0.25, 0.3) is 5.91 Å². The van der Waals surface area contributed by atoms with Crippen molar-refractivity contribution >= 4 is 23.4 Å². The number of carbonyl (C=O) groups excluding carboxylic acids is 1. The number of carbonyl (C=O) groups is 1. The van der Waals surface area contributed by atoms with Crippen LogP contribution in [-0.2, 0) is 5.75 Å². The number of aryl methyl sites for hydroxylation is 2. The molecule has 0 bridgehead atoms. The summed E-state index contributed by atoms with van der Waals surface area (Å²) in [6.45, 7) is 3.92. The van der Waals surface area contributed by atoms with Gasteiger partial charge in [0.2, 0.25) is 0 Å². The first-order valence-electron chi connectivity index (χ1n) is 8.01. The highest BCUT2D eigenvalue weighted by atomic mass is 32.2. The summed E-state index contributed by atoms with van der Waals surface area (Å²) >= 11 is 1.54. The number of nitrogens with one attached hydrogen (secondary N) is 1. The second-order valence-corrected chi connectivity index (χ2v) is 6.64. The number of amides is 1. The van der Waals surface area contributed by atoms with E-state index in [1.54, 1.807) is 0 Å². The molecule has 3 rings (SSSR count). The Kier molecular flexibility index (Phi) is 5.46. The molecule has 1 heterocycles. The molecule has 1 aromatic heterocycles. The number of hydrogen-bond donors (Lipinski definition) is 1. The highest BCUT2D eigenvalue weighted by Crippen LogP contribution is 2.23. The van der Waals surface area contributed by atoms with Crippen molar-refractivity contribution in [1.29, 1.82) is 0 Å². The van der Waals surface area contributed by atoms with E-state index >= 15 is 0 Å². The molecule has 0 aliphatic rings. The van der Waals surface area contributed by atoms with Gasteiger partial charge in [0.05, 0.1) is 0 Å². The Morgan fingerprint density at radius 1 is 0.960 bits per heavy atom. The van der Waals surface area contributed by atoms with Crippen LogP contribution in [0.1, 0.15) is 27.3 Å². The van der Waals surface area contributed by atoms with Gasteiger partial charge >= 0.3 is 0 Å². The van der Waals surface area contributed by atoms with Gasteiger partial charge in [-0.15, -0.1) is 0 Å². The van der Waals surface area contributed by atoms with Crippen LogP contribution in [0.3, 0.4) is 0 Å². The van der Waals surface area contributed by atoms with Gasteiger partial charge < -0.3 is 5.32 Å². The Morgan fingerprint density at radius 3 is 2.32 bits per heavy atom. The van der Waals surface area contributed by atoms with Crippen LogP contribution in [0, 0.1) is 13.8 Å². The fourth-order valence-corrected chi connectivity index (χ4v) is 3.44. The van der Waals surface area contributed by atoms with Crippen LogP contribution >= 0.6 is 11.8 Å². The van der Waals surface area contributed by atoms with Crippen molar-refractivity contribution in [3.05, 3.63) is 83.2 Å². The molecule has 0 fully saturated rings. The van der Waals surface area contributed by atoms with E-state index in [-0.39, 0.29) is 5.91 Å². The van der Waals surface area contributed by atoms with Crippen molar-refractivity contribution in [1.82, 2.24) is 9.97 Å². The van der Waals surface area contributed by atoms with Crippen molar-refractivity contribution in [3.8, 4) is 0 Å². The molecule has 0 saturated carbocycles. The fraction of sp³-hybridized carbons (Fsp3) is 0.150. The zero-order chi connectivity index (χ0) is 17.6. The quantitative estimate of drug-likeness (QED) is 0.539. The van der Waals surface area contributed by atoms with Crippen molar-refractivity contribution < 1.29 is 4.79 Å². The van der Waals surface area contributed by atoms with Crippen molar-refractivity contribution in [3.63, 3.8) is 0 Å². The molecule has 0 spiro atoms. The molecule has 0 aliphatic heterocycles. The maximum absolute atomic E-state index is 12.6. The summed E-state index contributed by atoms with van der Waals surface area (Å²) in [5, 5.41) is 3.67. The van der Waals surface area contributed by atoms with E-state index in [1.165, 1.54) is 11.8 Å². The Balaban J connectivity index is 1.75. The van der Waals surface area contributed by atoms with E-state index in [1.807, 2.05) is 74.5 Å². The Morgan fingerprint density at radius 2 is 1.60 bits per heavy atom. The lowest BCUT2D eigenvalue weighted by atomic mass is 10.1. The van der Waals surface area contributed by atoms with Crippen molar-refractivity contribution in [2.75, 3.05) is 5.32 Å². The minimum atomic E-state index is -0.108. The zero-order valence-electron chi connectivity index (χ0n) is 14.2. The Labute approximate surface area is 151 Å². The lowest BCUT2D eigenvalue weighted by Crippen LogP contribution is -2.13. The van der Waals surface area contributed by atoms with E-state index in [9.17, 15) is 4.79 Å². The molecular formula is C20H19N3OS. The second-order valence-electron chi connectivity index (χ2n) is 5.70. The van der Waals surface area contributed by atoms with E-state index < -0.39 is 0 Å². The molecule has 0 radical (unpaired) electrons. The Hall–Kier alpha value is -2.66. The molecule has 25 heavy (non-hydrogen) atoms. The van der Waals surface area contributed by atoms with E-state index in [0.29, 0.717) is 11.3 Å². The maximum atomic E-state index is 12.6. The molecule has 3 aromatic rings. The number of nitrogens with zero attached hydrogens (tertiary/aromatic N) is 2. The molecule has 0 saturated heterocycles. The summed E-state index contributed by atoms with van der Waals surface area (Å²) in [6.07, 6.45) is 0. The van der Waals surface area contributed by atoms with Gasteiger partial charge in [0.15, 0.2) is 5.16 Å². The lowest BCUT2D eigenvalue weighted by molar-refractivity contribution is 0.102. The summed E-state index contributed by atoms with van der Waals surface area (Å²) in [4.78, 5) is 21.5. The SMILES string of the molecule is Cc1cc(C)nc(SCc2ccccc2C(=O)Nc2ccccc2)n1. The average molecular weight is 349 g/mol. The molecule has 5 heteroatoms. The molecule has 1 amide bonds. The van der Waals surface area contributed by atoms with Gasteiger partial charge in [0, 0.05) is 28.4 Å². The molecule has 4 nitrogen and oxygen atoms in total. The molecular weight excluding hydrogens is 330 g/mol. The number of anilines is 1. The number of aromatic nitrogens is 2. The standard InChI is InChI=1S/C20H19N3OS/c1-14-12-15(2)22-20(21-14)25-13-16-8-6-7-11-18(16)19(24)23-17-9-4-3-5-10-17/h3-12H,13H2,1-2H3,(H,23,24). The number of para-hydroxylation sites is 1. The van der Waals surface area contributed by atoms with Crippen molar-refractivity contribution in [2.45, 2.75) is 24.8 Å². The summed E-state index contributed by atoms with van der Waals surface area (Å²) < 4.78 is 0. The van der Waals surface area contributed by atoms with Gasteiger partial charge in [-0.1, -0.05) is 48.2 Å². The number of thioether (sulfide) groups is 1. The number of hydrogen-bond acceptors (Lipinski definition) is 4. The van der Waals surface area contributed by atoms with Crippen LogP contribution in [0.25, 0.3) is 0 Å². The van der Waals surface area contributed by atoms with Gasteiger partial charge in [-0.2, -0.15) is 0 Å². The summed E-state index contributed by atoms with van der Waals surface area (Å²) in [5.41, 5.74) is 4.31. The number of benzene rings is 2. The molecule has 0 aliphatic carbocycles. The van der Waals surface area contributed by atoms with E-state index in [2.05, 4.69) is 15.3 Å². The third-order valence-corrected chi connectivity index (χ3v) is 4.51. The lowest BCUT2D eigenvalue weighted by Gasteiger charge is -2.10. The normalized spacial score (nSPS) is 10.5. The van der Waals surface area contributed by atoms with Gasteiger partial charge in [-0.25, -0.2) is 9.97 Å². The zero-order valence-corrected chi connectivity index (χ0v) is 15.0. The topological polar surface area (TPSA) is 54.9 Å². The smallest absolute Gasteiger partial charge is 0.255 e. The van der Waals surface area contributed by atoms with Crippen LogP contribution in [0.15, 0.2) is 65.8 Å². The van der Waals surface area contributed by atoms with Gasteiger partial charge in [-0.3, -0.25) is 4.79 Å². The largest absolute Gasteiger partial charge is 0.322 e. The highest BCUT2D eigenvalue weighted by molar-refractivity contribution is 7.98. The van der Waals surface area contributed by atoms with Crippen LogP contribution in [0.5, 0.6) is 0 Å². The minimum Gasteiger partial charge on any atom is -0.322 e. The monoisotopic (exact) mass is 349 g/mol. The van der Waals surface area contributed by atoms with E-state index in [4.69, 9.17) is 0 Å². The summed E-state index contributed by atoms with van der Waals surface area (Å²) in [6, 6.07) is 19.0. The van der Waals surface area contributed by atoms with Crippen LogP contribution in [-0.4, -0.2) is 15.9 Å². The first-order valence-corrected chi connectivity index (χ1v) is 9.00. The molecule has 1 N–H and O–H groups in total. The van der Waals surface area contributed by atoms with Gasteiger partial charge in [-0.05, 0) is 43.7 Å². The number of rotatable bonds is 5. The second kappa shape index (κ2) is 7.94. The third-order valence-electron chi connectivity index (χ3n) is 3.61. The fourth-order valence-electron chi connectivity index (χ4n) is 2.49.